The second-order valence-corrected chi connectivity index (χ2v) is 6.62. The molecule has 1 N–H and O–H groups in total. The lowest BCUT2D eigenvalue weighted by molar-refractivity contribution is 0.0959. The van der Waals surface area contributed by atoms with E-state index in [9.17, 15) is 9.59 Å². The maximum absolute atomic E-state index is 12.3. The van der Waals surface area contributed by atoms with Crippen LogP contribution in [-0.2, 0) is 0 Å². The van der Waals surface area contributed by atoms with Crippen LogP contribution in [-0.4, -0.2) is 12.1 Å². The molecule has 1 amide bonds. The molecule has 5 nitrogen and oxygen atoms in total. The lowest BCUT2D eigenvalue weighted by Gasteiger charge is -1.99. The zero-order chi connectivity index (χ0) is 16.4. The maximum atomic E-state index is 12.3. The molecule has 9 heteroatoms. The van der Waals surface area contributed by atoms with Crippen LogP contribution >= 0.6 is 46.9 Å². The van der Waals surface area contributed by atoms with Gasteiger partial charge >= 0.3 is 0 Å². The van der Waals surface area contributed by atoms with E-state index in [1.807, 2.05) is 0 Å². The molecule has 24 heavy (non-hydrogen) atoms. The van der Waals surface area contributed by atoms with Gasteiger partial charge in [0.05, 0.1) is 26.4 Å². The summed E-state index contributed by atoms with van der Waals surface area (Å²) in [6.07, 6.45) is 2.50. The molecule has 124 valence electrons. The summed E-state index contributed by atoms with van der Waals surface area (Å²) in [6.45, 7) is 0. The minimum Gasteiger partial charge on any atom is -0.463 e. The monoisotopic (exact) mass is 402 g/mol. The minimum absolute atomic E-state index is 0. The number of amides is 1. The Balaban J connectivity index is 0.00000208. The van der Waals surface area contributed by atoms with Crippen molar-refractivity contribution in [3.05, 3.63) is 66.6 Å². The quantitative estimate of drug-likeness (QED) is 0.522. The van der Waals surface area contributed by atoms with Crippen molar-refractivity contribution in [2.75, 3.05) is 0 Å². The molecule has 0 fully saturated rings. The number of hydrogen-bond donors (Lipinski definition) is 1. The number of halogens is 3. The molecule has 0 atom stereocenters. The van der Waals surface area contributed by atoms with Crippen molar-refractivity contribution in [3.63, 3.8) is 0 Å². The Bertz CT molecular complexity index is 981. The second-order valence-electron chi connectivity index (χ2n) is 4.46. The molecule has 0 aliphatic rings. The average molecular weight is 404 g/mol. The summed E-state index contributed by atoms with van der Waals surface area (Å²) in [5.41, 5.74) is 2.66. The van der Waals surface area contributed by atoms with Gasteiger partial charge in [-0.2, -0.15) is 5.10 Å². The predicted molar refractivity (Wildman–Crippen MR) is 99.1 cm³/mol. The third kappa shape index (κ3) is 3.96. The molecule has 0 bridgehead atoms. The van der Waals surface area contributed by atoms with E-state index < -0.39 is 5.91 Å². The molecule has 3 rings (SSSR count). The van der Waals surface area contributed by atoms with E-state index >= 15 is 0 Å². The number of rotatable bonds is 3. The van der Waals surface area contributed by atoms with Crippen LogP contribution in [0.25, 0.3) is 11.0 Å². The van der Waals surface area contributed by atoms with Gasteiger partial charge in [0.15, 0.2) is 0 Å². The van der Waals surface area contributed by atoms with E-state index in [-0.39, 0.29) is 23.4 Å². The fourth-order valence-electron chi connectivity index (χ4n) is 1.86. The van der Waals surface area contributed by atoms with Gasteiger partial charge in [0.25, 0.3) is 5.91 Å². The van der Waals surface area contributed by atoms with Crippen LogP contribution in [0.5, 0.6) is 0 Å². The Kier molecular flexibility index (Phi) is 6.01. The standard InChI is InChI=1S/C15H8Cl2N2O3S.ClH/c16-9-1-2-11-10(5-9)14(20)8(7-22-11)6-18-19-15(21)12-3-4-13(17)23-12;/h1-7H,(H,19,21);1H/b18-6+;. The summed E-state index contributed by atoms with van der Waals surface area (Å²) >= 11 is 12.8. The van der Waals surface area contributed by atoms with E-state index in [1.165, 1.54) is 18.5 Å². The third-order valence-electron chi connectivity index (χ3n) is 2.93. The van der Waals surface area contributed by atoms with Gasteiger partial charge in [0.2, 0.25) is 5.43 Å². The molecule has 0 unspecified atom stereocenters. The molecule has 3 aromatic rings. The van der Waals surface area contributed by atoms with Crippen molar-refractivity contribution in [2.24, 2.45) is 5.10 Å². The number of nitrogens with one attached hydrogen (secondary N) is 1. The molecular weight excluding hydrogens is 395 g/mol. The molecule has 0 aliphatic heterocycles. The molecule has 0 aliphatic carbocycles. The van der Waals surface area contributed by atoms with Crippen molar-refractivity contribution in [1.82, 2.24) is 5.43 Å². The van der Waals surface area contributed by atoms with Gasteiger partial charge in [-0.3, -0.25) is 9.59 Å². The lowest BCUT2D eigenvalue weighted by atomic mass is 10.2. The van der Waals surface area contributed by atoms with Gasteiger partial charge in [-0.1, -0.05) is 23.2 Å². The van der Waals surface area contributed by atoms with Crippen molar-refractivity contribution >= 4 is 70.0 Å². The van der Waals surface area contributed by atoms with Crippen LogP contribution in [0, 0.1) is 0 Å². The molecule has 0 saturated heterocycles. The molecule has 1 aromatic carbocycles. The summed E-state index contributed by atoms with van der Waals surface area (Å²) in [5, 5.41) is 4.54. The predicted octanol–water partition coefficient (Wildman–Crippen LogP) is 4.35. The highest BCUT2D eigenvalue weighted by Crippen LogP contribution is 2.21. The highest BCUT2D eigenvalue weighted by atomic mass is 35.5. The van der Waals surface area contributed by atoms with Gasteiger partial charge in [-0.25, -0.2) is 5.43 Å². The van der Waals surface area contributed by atoms with Gasteiger partial charge in [0, 0.05) is 5.02 Å². The number of thiophene rings is 1. The van der Waals surface area contributed by atoms with Gasteiger partial charge in [-0.05, 0) is 30.3 Å². The molecule has 2 aromatic heterocycles. The lowest BCUT2D eigenvalue weighted by Crippen LogP contribution is -2.17. The number of nitrogens with zero attached hydrogens (tertiary/aromatic N) is 1. The molecule has 2 heterocycles. The van der Waals surface area contributed by atoms with Crippen LogP contribution < -0.4 is 10.9 Å². The summed E-state index contributed by atoms with van der Waals surface area (Å²) in [4.78, 5) is 24.5. The Morgan fingerprint density at radius 2 is 2.04 bits per heavy atom. The maximum Gasteiger partial charge on any atom is 0.281 e. The first-order valence-electron chi connectivity index (χ1n) is 6.34. The normalized spacial score (nSPS) is 10.8. The van der Waals surface area contributed by atoms with Crippen molar-refractivity contribution in [2.45, 2.75) is 0 Å². The topological polar surface area (TPSA) is 71.7 Å². The second kappa shape index (κ2) is 7.81. The van der Waals surface area contributed by atoms with Crippen LogP contribution in [0.4, 0.5) is 0 Å². The zero-order valence-corrected chi connectivity index (χ0v) is 14.9. The van der Waals surface area contributed by atoms with E-state index in [1.54, 1.807) is 24.3 Å². The van der Waals surface area contributed by atoms with Gasteiger partial charge in [-0.15, -0.1) is 23.7 Å². The Morgan fingerprint density at radius 3 is 2.75 bits per heavy atom. The summed E-state index contributed by atoms with van der Waals surface area (Å²) in [7, 11) is 0. The first-order chi connectivity index (χ1) is 11.0. The van der Waals surface area contributed by atoms with Crippen molar-refractivity contribution < 1.29 is 9.21 Å². The summed E-state index contributed by atoms with van der Waals surface area (Å²) in [5.74, 6) is -0.411. The van der Waals surface area contributed by atoms with E-state index in [0.29, 0.717) is 25.2 Å². The fourth-order valence-corrected chi connectivity index (χ4v) is 2.96. The van der Waals surface area contributed by atoms with E-state index in [0.717, 1.165) is 11.3 Å². The Hall–Kier alpha value is -1.86. The third-order valence-corrected chi connectivity index (χ3v) is 4.39. The van der Waals surface area contributed by atoms with Crippen molar-refractivity contribution in [1.29, 1.82) is 0 Å². The molecule has 0 radical (unpaired) electrons. The zero-order valence-electron chi connectivity index (χ0n) is 11.8. The SMILES string of the molecule is Cl.O=C(N/N=C/c1coc2ccc(Cl)cc2c1=O)c1ccc(Cl)s1. The number of benzene rings is 1. The molecular formula is C15H9Cl3N2O3S. The largest absolute Gasteiger partial charge is 0.463 e. The number of hydrazone groups is 1. The van der Waals surface area contributed by atoms with E-state index in [2.05, 4.69) is 10.5 Å². The summed E-state index contributed by atoms with van der Waals surface area (Å²) < 4.78 is 5.85. The van der Waals surface area contributed by atoms with Gasteiger partial charge < -0.3 is 4.42 Å². The Labute approximate surface area is 156 Å². The fraction of sp³-hybridized carbons (Fsp3) is 0. The van der Waals surface area contributed by atoms with Crippen LogP contribution in [0.2, 0.25) is 9.36 Å². The number of carbonyl (C=O) groups excluding carboxylic acids is 1. The smallest absolute Gasteiger partial charge is 0.281 e. The van der Waals surface area contributed by atoms with Crippen molar-refractivity contribution in [3.8, 4) is 0 Å². The molecule has 0 saturated carbocycles. The minimum atomic E-state index is -0.411. The first-order valence-corrected chi connectivity index (χ1v) is 7.91. The molecule has 0 spiro atoms. The highest BCUT2D eigenvalue weighted by molar-refractivity contribution is 7.17. The number of carbonyl (C=O) groups is 1. The van der Waals surface area contributed by atoms with Crippen LogP contribution in [0.1, 0.15) is 15.2 Å². The van der Waals surface area contributed by atoms with E-state index in [4.69, 9.17) is 27.6 Å². The van der Waals surface area contributed by atoms with Gasteiger partial charge in [0.1, 0.15) is 11.8 Å². The number of hydrogen-bond acceptors (Lipinski definition) is 5. The summed E-state index contributed by atoms with van der Waals surface area (Å²) in [6, 6.07) is 7.97. The average Bonchev–Trinajstić information content (AvgIpc) is 2.96. The van der Waals surface area contributed by atoms with Crippen LogP contribution in [0.3, 0.4) is 0 Å². The van der Waals surface area contributed by atoms with Crippen LogP contribution in [0.15, 0.2) is 50.9 Å². The highest BCUT2D eigenvalue weighted by Gasteiger charge is 2.08. The first kappa shape index (κ1) is 18.5. The Morgan fingerprint density at radius 1 is 1.25 bits per heavy atom. The number of fused-ring (bicyclic) bond motifs is 1.